The molecule has 1 atom stereocenters. The first-order chi connectivity index (χ1) is 14.9. The van der Waals surface area contributed by atoms with Crippen LogP contribution >= 0.6 is 11.3 Å². The molecular formula is C19H25N5O6S. The van der Waals surface area contributed by atoms with Gasteiger partial charge >= 0.3 is 11.8 Å². The summed E-state index contributed by atoms with van der Waals surface area (Å²) in [4.78, 5) is 44.3. The first-order valence-electron chi connectivity index (χ1n) is 10.1. The zero-order chi connectivity index (χ0) is 22.1. The second-order valence-electron chi connectivity index (χ2n) is 7.52. The molecule has 0 bridgehead atoms. The molecule has 2 aliphatic heterocycles. The average Bonchev–Trinajstić information content (AvgIpc) is 3.24. The van der Waals surface area contributed by atoms with Crippen molar-refractivity contribution in [2.45, 2.75) is 39.1 Å². The lowest BCUT2D eigenvalue weighted by molar-refractivity contribution is -0.0593. The number of carboxylic acid groups (broad SMARTS) is 1. The van der Waals surface area contributed by atoms with Crippen molar-refractivity contribution in [2.24, 2.45) is 4.99 Å². The minimum atomic E-state index is -1.27. The van der Waals surface area contributed by atoms with Gasteiger partial charge in [-0.2, -0.15) is 0 Å². The van der Waals surface area contributed by atoms with E-state index in [1.54, 1.807) is 4.57 Å². The van der Waals surface area contributed by atoms with Crippen molar-refractivity contribution in [3.8, 4) is 0 Å². The largest absolute Gasteiger partial charge is 0.463 e. The Kier molecular flexibility index (Phi) is 6.12. The summed E-state index contributed by atoms with van der Waals surface area (Å²) < 4.78 is 13.5. The molecule has 0 aliphatic carbocycles. The van der Waals surface area contributed by atoms with Crippen molar-refractivity contribution in [1.82, 2.24) is 19.4 Å². The van der Waals surface area contributed by atoms with Gasteiger partial charge in [-0.25, -0.2) is 9.59 Å². The summed E-state index contributed by atoms with van der Waals surface area (Å²) in [6.07, 6.45) is -0.438. The van der Waals surface area contributed by atoms with Gasteiger partial charge in [0.25, 0.3) is 5.56 Å². The number of aromatic nitrogens is 2. The van der Waals surface area contributed by atoms with Crippen LogP contribution in [0.15, 0.2) is 14.6 Å². The fourth-order valence-corrected chi connectivity index (χ4v) is 5.13. The molecule has 2 N–H and O–H groups in total. The van der Waals surface area contributed by atoms with Crippen molar-refractivity contribution in [3.05, 3.63) is 31.3 Å². The second kappa shape index (κ2) is 8.81. The monoisotopic (exact) mass is 451 g/mol. The number of carbonyl (C=O) groups is 1. The molecule has 0 aromatic carbocycles. The molecule has 1 amide bonds. The molecule has 2 aromatic rings. The van der Waals surface area contributed by atoms with Gasteiger partial charge in [0.15, 0.2) is 0 Å². The number of hydrogen-bond donors (Lipinski definition) is 2. The number of amides is 1. The first-order valence-corrected chi connectivity index (χ1v) is 10.9. The number of fused-ring (bicyclic) bond motifs is 1. The third-order valence-corrected chi connectivity index (χ3v) is 6.89. The summed E-state index contributed by atoms with van der Waals surface area (Å²) >= 11 is 1.39. The maximum Gasteiger partial charge on any atom is 0.434 e. The Morgan fingerprint density at radius 2 is 2.16 bits per heavy atom. The number of thiophene rings is 1. The van der Waals surface area contributed by atoms with Crippen LogP contribution in [-0.2, 0) is 29.1 Å². The van der Waals surface area contributed by atoms with Crippen LogP contribution in [0.2, 0.25) is 0 Å². The van der Waals surface area contributed by atoms with Crippen molar-refractivity contribution < 1.29 is 19.4 Å². The highest BCUT2D eigenvalue weighted by Gasteiger charge is 2.27. The molecule has 168 valence electrons. The number of nitrogens with zero attached hydrogens (tertiary/aromatic N) is 4. The van der Waals surface area contributed by atoms with Gasteiger partial charge in [-0.3, -0.25) is 13.9 Å². The molecule has 2 aliphatic rings. The molecule has 2 fully saturated rings. The van der Waals surface area contributed by atoms with Crippen molar-refractivity contribution in [1.29, 1.82) is 0 Å². The minimum Gasteiger partial charge on any atom is -0.463 e. The van der Waals surface area contributed by atoms with E-state index in [2.05, 4.69) is 10.3 Å². The highest BCUT2D eigenvalue weighted by atomic mass is 32.1. The average molecular weight is 452 g/mol. The topological polar surface area (TPSA) is 127 Å². The van der Waals surface area contributed by atoms with E-state index in [0.29, 0.717) is 49.0 Å². The van der Waals surface area contributed by atoms with E-state index in [4.69, 9.17) is 14.6 Å². The quantitative estimate of drug-likeness (QED) is 0.620. The predicted molar refractivity (Wildman–Crippen MR) is 115 cm³/mol. The van der Waals surface area contributed by atoms with Crippen molar-refractivity contribution in [3.63, 3.8) is 0 Å². The summed E-state index contributed by atoms with van der Waals surface area (Å²) in [6.45, 7) is 4.94. The molecule has 0 radical (unpaired) electrons. The number of aliphatic imine (C=N–C) groups is 1. The Bertz CT molecular complexity index is 1150. The van der Waals surface area contributed by atoms with Crippen molar-refractivity contribution in [2.75, 3.05) is 33.4 Å². The molecular weight excluding hydrogens is 426 g/mol. The Morgan fingerprint density at radius 1 is 1.39 bits per heavy atom. The van der Waals surface area contributed by atoms with E-state index in [0.717, 1.165) is 16.9 Å². The van der Waals surface area contributed by atoms with Crippen LogP contribution in [-0.4, -0.2) is 70.7 Å². The van der Waals surface area contributed by atoms with E-state index >= 15 is 0 Å². The normalized spacial score (nSPS) is 19.7. The molecule has 2 saturated heterocycles. The first kappa shape index (κ1) is 21.5. The fourth-order valence-electron chi connectivity index (χ4n) is 3.81. The second-order valence-corrected chi connectivity index (χ2v) is 8.60. The predicted octanol–water partition coefficient (Wildman–Crippen LogP) is 0.408. The van der Waals surface area contributed by atoms with E-state index < -0.39 is 6.09 Å². The van der Waals surface area contributed by atoms with Gasteiger partial charge in [0.1, 0.15) is 4.83 Å². The Hall–Kier alpha value is -2.70. The summed E-state index contributed by atoms with van der Waals surface area (Å²) in [5.74, 6) is 0.294. The number of guanidine groups is 1. The van der Waals surface area contributed by atoms with Gasteiger partial charge in [-0.05, 0) is 18.9 Å². The molecule has 0 saturated carbocycles. The SMILES string of the molecule is COCCn1c(=O)c2c(C)c(CN3CCN/C3=N\C(=O)O)sc2n(CC2CCO2)c1=O. The van der Waals surface area contributed by atoms with Crippen LogP contribution in [0, 0.1) is 6.92 Å². The maximum atomic E-state index is 13.2. The number of aryl methyl sites for hydroxylation is 1. The third-order valence-electron chi connectivity index (χ3n) is 5.59. The standard InChI is InChI=1S/C19H25N5O6S/c1-11-13(10-22-5-4-20-17(22)21-18(26)27)31-16-14(11)15(25)23(6-8-29-2)19(28)24(16)9-12-3-7-30-12/h12H,3-10H2,1-2H3,(H,20,21)(H,26,27). The van der Waals surface area contributed by atoms with Gasteiger partial charge in [0, 0.05) is 31.7 Å². The van der Waals surface area contributed by atoms with Crippen molar-refractivity contribution >= 4 is 33.6 Å². The Labute approximate surface area is 181 Å². The number of hydrogen-bond acceptors (Lipinski definition) is 6. The minimum absolute atomic E-state index is 0.0442. The van der Waals surface area contributed by atoms with Crippen LogP contribution in [0.4, 0.5) is 4.79 Å². The van der Waals surface area contributed by atoms with E-state index in [-0.39, 0.29) is 30.5 Å². The summed E-state index contributed by atoms with van der Waals surface area (Å²) in [6, 6.07) is 0. The van der Waals surface area contributed by atoms with Gasteiger partial charge in [-0.1, -0.05) is 0 Å². The lowest BCUT2D eigenvalue weighted by Gasteiger charge is -2.27. The van der Waals surface area contributed by atoms with Gasteiger partial charge in [0.05, 0.1) is 37.7 Å². The smallest absolute Gasteiger partial charge is 0.434 e. The summed E-state index contributed by atoms with van der Waals surface area (Å²) in [7, 11) is 1.53. The van der Waals surface area contributed by atoms with Crippen LogP contribution in [0.5, 0.6) is 0 Å². The molecule has 11 nitrogen and oxygen atoms in total. The lowest BCUT2D eigenvalue weighted by atomic mass is 10.2. The van der Waals surface area contributed by atoms with E-state index in [1.807, 2.05) is 11.8 Å². The Morgan fingerprint density at radius 3 is 2.81 bits per heavy atom. The highest BCUT2D eigenvalue weighted by molar-refractivity contribution is 7.18. The van der Waals surface area contributed by atoms with Gasteiger partial charge in [0.2, 0.25) is 5.96 Å². The lowest BCUT2D eigenvalue weighted by Crippen LogP contribution is -2.43. The summed E-state index contributed by atoms with van der Waals surface area (Å²) in [5, 5.41) is 12.5. The van der Waals surface area contributed by atoms with Crippen LogP contribution in [0.25, 0.3) is 10.2 Å². The van der Waals surface area contributed by atoms with Crippen LogP contribution in [0.3, 0.4) is 0 Å². The van der Waals surface area contributed by atoms with E-state index in [9.17, 15) is 14.4 Å². The molecule has 12 heteroatoms. The fraction of sp³-hybridized carbons (Fsp3) is 0.579. The maximum absolute atomic E-state index is 13.2. The number of methoxy groups -OCH3 is 1. The van der Waals surface area contributed by atoms with E-state index in [1.165, 1.54) is 23.0 Å². The van der Waals surface area contributed by atoms with Gasteiger partial charge < -0.3 is 24.8 Å². The van der Waals surface area contributed by atoms with Crippen LogP contribution in [0.1, 0.15) is 16.9 Å². The molecule has 4 heterocycles. The van der Waals surface area contributed by atoms with Gasteiger partial charge in [-0.15, -0.1) is 16.3 Å². The molecule has 4 rings (SSSR count). The number of rotatable bonds is 7. The third kappa shape index (κ3) is 4.10. The zero-order valence-corrected chi connectivity index (χ0v) is 18.2. The number of ether oxygens (including phenoxy) is 2. The molecule has 31 heavy (non-hydrogen) atoms. The Balaban J connectivity index is 1.80. The highest BCUT2D eigenvalue weighted by Crippen LogP contribution is 2.30. The summed E-state index contributed by atoms with van der Waals surface area (Å²) in [5.41, 5.74) is 0.0941. The molecule has 0 spiro atoms. The molecule has 2 aromatic heterocycles. The van der Waals surface area contributed by atoms with Crippen LogP contribution < -0.4 is 16.6 Å². The number of nitrogens with one attached hydrogen (secondary N) is 1. The zero-order valence-electron chi connectivity index (χ0n) is 17.4. The molecule has 1 unspecified atom stereocenters.